The van der Waals surface area contributed by atoms with Crippen LogP contribution in [-0.2, 0) is 9.53 Å². The van der Waals surface area contributed by atoms with Crippen molar-refractivity contribution in [2.75, 3.05) is 0 Å². The van der Waals surface area contributed by atoms with Crippen molar-refractivity contribution < 1.29 is 9.53 Å². The SMILES string of the molecule is C=C(C#N)C(=O)OC(CC)CCCCC. The van der Waals surface area contributed by atoms with Gasteiger partial charge in [-0.05, 0) is 19.3 Å². The van der Waals surface area contributed by atoms with E-state index >= 15 is 0 Å². The lowest BCUT2D eigenvalue weighted by atomic mass is 10.1. The number of nitrogens with zero attached hydrogens (tertiary/aromatic N) is 1. The molecule has 0 N–H and O–H groups in total. The van der Waals surface area contributed by atoms with Gasteiger partial charge in [0.1, 0.15) is 17.7 Å². The van der Waals surface area contributed by atoms with Gasteiger partial charge in [-0.1, -0.05) is 33.3 Å². The number of unbranched alkanes of at least 4 members (excludes halogenated alkanes) is 2. The summed E-state index contributed by atoms with van der Waals surface area (Å²) in [6.45, 7) is 7.42. The first-order chi connectivity index (χ1) is 7.15. The maximum absolute atomic E-state index is 11.2. The minimum Gasteiger partial charge on any atom is -0.458 e. The molecule has 0 aliphatic heterocycles. The van der Waals surface area contributed by atoms with Crippen molar-refractivity contribution >= 4 is 5.97 Å². The molecule has 84 valence electrons. The third kappa shape index (κ3) is 5.90. The van der Waals surface area contributed by atoms with Gasteiger partial charge in [-0.3, -0.25) is 0 Å². The number of nitriles is 1. The summed E-state index contributed by atoms with van der Waals surface area (Å²) in [5.41, 5.74) is -0.121. The third-order valence-corrected chi connectivity index (χ3v) is 2.24. The van der Waals surface area contributed by atoms with Crippen LogP contribution in [0.5, 0.6) is 0 Å². The van der Waals surface area contributed by atoms with E-state index < -0.39 is 5.97 Å². The fourth-order valence-electron chi connectivity index (χ4n) is 1.24. The Morgan fingerprint density at radius 2 is 2.13 bits per heavy atom. The summed E-state index contributed by atoms with van der Waals surface area (Å²) in [6.07, 6.45) is 4.93. The van der Waals surface area contributed by atoms with Crippen LogP contribution >= 0.6 is 0 Å². The maximum Gasteiger partial charge on any atom is 0.348 e. The van der Waals surface area contributed by atoms with Gasteiger partial charge in [0, 0.05) is 0 Å². The van der Waals surface area contributed by atoms with E-state index in [1.54, 1.807) is 6.07 Å². The van der Waals surface area contributed by atoms with E-state index in [2.05, 4.69) is 13.5 Å². The lowest BCUT2D eigenvalue weighted by molar-refractivity contribution is -0.144. The number of hydrogen-bond acceptors (Lipinski definition) is 3. The molecular formula is C12H19NO2. The molecule has 1 unspecified atom stereocenters. The van der Waals surface area contributed by atoms with Crippen molar-refractivity contribution in [3.8, 4) is 6.07 Å². The van der Waals surface area contributed by atoms with Gasteiger partial charge in [0.05, 0.1) is 0 Å². The van der Waals surface area contributed by atoms with Crippen LogP contribution in [-0.4, -0.2) is 12.1 Å². The molecule has 0 spiro atoms. The van der Waals surface area contributed by atoms with Gasteiger partial charge in [0.2, 0.25) is 0 Å². The summed E-state index contributed by atoms with van der Waals surface area (Å²) in [6, 6.07) is 1.69. The third-order valence-electron chi connectivity index (χ3n) is 2.24. The van der Waals surface area contributed by atoms with Crippen LogP contribution < -0.4 is 0 Å². The summed E-state index contributed by atoms with van der Waals surface area (Å²) in [7, 11) is 0. The van der Waals surface area contributed by atoms with Gasteiger partial charge < -0.3 is 4.74 Å². The molecule has 0 bridgehead atoms. The van der Waals surface area contributed by atoms with Crippen LogP contribution in [0.2, 0.25) is 0 Å². The van der Waals surface area contributed by atoms with Gasteiger partial charge >= 0.3 is 5.97 Å². The van der Waals surface area contributed by atoms with E-state index in [0.717, 1.165) is 32.1 Å². The first kappa shape index (κ1) is 13.7. The number of rotatable bonds is 7. The van der Waals surface area contributed by atoms with E-state index in [-0.39, 0.29) is 11.7 Å². The van der Waals surface area contributed by atoms with Crippen LogP contribution in [0, 0.1) is 11.3 Å². The van der Waals surface area contributed by atoms with Crippen molar-refractivity contribution in [2.45, 2.75) is 52.1 Å². The first-order valence-corrected chi connectivity index (χ1v) is 5.45. The average Bonchev–Trinajstić information content (AvgIpc) is 2.26. The molecule has 0 aromatic heterocycles. The Bertz CT molecular complexity index is 253. The maximum atomic E-state index is 11.2. The van der Waals surface area contributed by atoms with Crippen LogP contribution in [0.3, 0.4) is 0 Å². The predicted molar refractivity (Wildman–Crippen MR) is 59.1 cm³/mol. The fourth-order valence-corrected chi connectivity index (χ4v) is 1.24. The fraction of sp³-hybridized carbons (Fsp3) is 0.667. The lowest BCUT2D eigenvalue weighted by Crippen LogP contribution is -2.18. The molecule has 0 saturated heterocycles. The highest BCUT2D eigenvalue weighted by molar-refractivity contribution is 5.91. The molecule has 0 aromatic carbocycles. The summed E-state index contributed by atoms with van der Waals surface area (Å²) in [5, 5.41) is 8.45. The van der Waals surface area contributed by atoms with Gasteiger partial charge in [-0.25, -0.2) is 4.79 Å². The molecule has 3 heteroatoms. The van der Waals surface area contributed by atoms with Crippen molar-refractivity contribution in [2.24, 2.45) is 0 Å². The summed E-state index contributed by atoms with van der Waals surface area (Å²) >= 11 is 0. The zero-order valence-corrected chi connectivity index (χ0v) is 9.58. The largest absolute Gasteiger partial charge is 0.458 e. The molecular weight excluding hydrogens is 190 g/mol. The van der Waals surface area contributed by atoms with Gasteiger partial charge in [-0.2, -0.15) is 5.26 Å². The van der Waals surface area contributed by atoms with Gasteiger partial charge in [-0.15, -0.1) is 0 Å². The van der Waals surface area contributed by atoms with E-state index in [0.29, 0.717) is 0 Å². The van der Waals surface area contributed by atoms with E-state index in [1.165, 1.54) is 0 Å². The minimum absolute atomic E-state index is 0.0749. The van der Waals surface area contributed by atoms with Crippen molar-refractivity contribution in [3.05, 3.63) is 12.2 Å². The number of carbonyl (C=O) groups is 1. The zero-order valence-electron chi connectivity index (χ0n) is 9.58. The lowest BCUT2D eigenvalue weighted by Gasteiger charge is -2.15. The molecule has 3 nitrogen and oxygen atoms in total. The van der Waals surface area contributed by atoms with E-state index in [4.69, 9.17) is 10.00 Å². The van der Waals surface area contributed by atoms with Crippen molar-refractivity contribution in [1.82, 2.24) is 0 Å². The second-order valence-electron chi connectivity index (χ2n) is 3.52. The number of hydrogen-bond donors (Lipinski definition) is 0. The summed E-state index contributed by atoms with van der Waals surface area (Å²) in [4.78, 5) is 11.2. The standard InChI is InChI=1S/C12H19NO2/c1-4-6-7-8-11(5-2)15-12(14)10(3)9-13/h11H,3-8H2,1-2H3. The molecule has 0 saturated carbocycles. The Kier molecular flexibility index (Phi) is 7.35. The molecule has 0 aliphatic rings. The Morgan fingerprint density at radius 1 is 1.47 bits per heavy atom. The minimum atomic E-state index is -0.583. The number of carbonyl (C=O) groups excluding carboxylic acids is 1. The highest BCUT2D eigenvalue weighted by atomic mass is 16.5. The van der Waals surface area contributed by atoms with Crippen molar-refractivity contribution in [3.63, 3.8) is 0 Å². The van der Waals surface area contributed by atoms with Crippen LogP contribution in [0.1, 0.15) is 46.0 Å². The molecule has 0 heterocycles. The van der Waals surface area contributed by atoms with E-state index in [1.807, 2.05) is 6.92 Å². The first-order valence-electron chi connectivity index (χ1n) is 5.45. The molecule has 1 atom stereocenters. The molecule has 0 aromatic rings. The van der Waals surface area contributed by atoms with Crippen LogP contribution in [0.25, 0.3) is 0 Å². The normalized spacial score (nSPS) is 11.5. The zero-order chi connectivity index (χ0) is 11.7. The van der Waals surface area contributed by atoms with Gasteiger partial charge in [0.15, 0.2) is 0 Å². The predicted octanol–water partition coefficient (Wildman–Crippen LogP) is 2.97. The molecule has 0 amide bonds. The molecule has 0 rings (SSSR count). The molecule has 15 heavy (non-hydrogen) atoms. The highest BCUT2D eigenvalue weighted by Crippen LogP contribution is 2.11. The highest BCUT2D eigenvalue weighted by Gasteiger charge is 2.14. The molecule has 0 radical (unpaired) electrons. The topological polar surface area (TPSA) is 50.1 Å². The van der Waals surface area contributed by atoms with Gasteiger partial charge in [0.25, 0.3) is 0 Å². The second kappa shape index (κ2) is 8.05. The Hall–Kier alpha value is -1.30. The quantitative estimate of drug-likeness (QED) is 0.280. The number of esters is 1. The molecule has 0 aliphatic carbocycles. The van der Waals surface area contributed by atoms with Crippen LogP contribution in [0.15, 0.2) is 12.2 Å². The Labute approximate surface area is 91.7 Å². The monoisotopic (exact) mass is 209 g/mol. The Morgan fingerprint density at radius 3 is 2.60 bits per heavy atom. The smallest absolute Gasteiger partial charge is 0.348 e. The second-order valence-corrected chi connectivity index (χ2v) is 3.52. The molecule has 0 fully saturated rings. The van der Waals surface area contributed by atoms with E-state index in [9.17, 15) is 4.79 Å². The Balaban J connectivity index is 3.94. The average molecular weight is 209 g/mol. The summed E-state index contributed by atoms with van der Waals surface area (Å²) in [5.74, 6) is -0.583. The van der Waals surface area contributed by atoms with Crippen LogP contribution in [0.4, 0.5) is 0 Å². The van der Waals surface area contributed by atoms with Crippen molar-refractivity contribution in [1.29, 1.82) is 5.26 Å². The number of ether oxygens (including phenoxy) is 1. The summed E-state index contributed by atoms with van der Waals surface area (Å²) < 4.78 is 5.14.